The van der Waals surface area contributed by atoms with Gasteiger partial charge < -0.3 is 14.6 Å². The molecule has 0 radical (unpaired) electrons. The fourth-order valence-corrected chi connectivity index (χ4v) is 4.78. The van der Waals surface area contributed by atoms with Crippen LogP contribution in [0.4, 0.5) is 0 Å². The number of aryl methyl sites for hydroxylation is 1. The van der Waals surface area contributed by atoms with Gasteiger partial charge in [0.05, 0.1) is 18.6 Å². The molecule has 0 aliphatic heterocycles. The van der Waals surface area contributed by atoms with Gasteiger partial charge in [0.15, 0.2) is 15.6 Å². The van der Waals surface area contributed by atoms with Gasteiger partial charge in [-0.25, -0.2) is 8.42 Å². The van der Waals surface area contributed by atoms with Crippen molar-refractivity contribution in [1.29, 1.82) is 0 Å². The van der Waals surface area contributed by atoms with Crippen molar-refractivity contribution in [3.8, 4) is 17.1 Å². The number of hydrogen-bond donors (Lipinski definition) is 1. The summed E-state index contributed by atoms with van der Waals surface area (Å²) in [5, 5.41) is 6.76. The van der Waals surface area contributed by atoms with Gasteiger partial charge in [-0.1, -0.05) is 42.4 Å². The summed E-state index contributed by atoms with van der Waals surface area (Å²) in [6, 6.07) is 14.6. The van der Waals surface area contributed by atoms with Crippen LogP contribution in [0.2, 0.25) is 0 Å². The van der Waals surface area contributed by atoms with Gasteiger partial charge in [-0.3, -0.25) is 4.79 Å². The molecule has 1 N–H and O–H groups in total. The maximum absolute atomic E-state index is 13.0. The Hall–Kier alpha value is -3.13. The predicted octanol–water partition coefficient (Wildman–Crippen LogP) is 4.05. The summed E-state index contributed by atoms with van der Waals surface area (Å²) in [5.74, 6) is 0.220. The topological polar surface area (TPSA) is 98.5 Å². The van der Waals surface area contributed by atoms with Crippen LogP contribution in [0.25, 0.3) is 11.3 Å². The Labute approximate surface area is 188 Å². The quantitative estimate of drug-likeness (QED) is 0.522. The summed E-state index contributed by atoms with van der Waals surface area (Å²) < 4.78 is 36.7. The highest BCUT2D eigenvalue weighted by atomic mass is 32.2. The summed E-state index contributed by atoms with van der Waals surface area (Å²) in [6.45, 7) is 6.13. The van der Waals surface area contributed by atoms with Crippen LogP contribution in [-0.4, -0.2) is 38.9 Å². The Morgan fingerprint density at radius 1 is 1.16 bits per heavy atom. The number of aromatic nitrogens is 1. The molecule has 0 saturated carbocycles. The van der Waals surface area contributed by atoms with Crippen molar-refractivity contribution in [2.75, 3.05) is 19.4 Å². The maximum atomic E-state index is 13.0. The molecule has 8 heteroatoms. The van der Waals surface area contributed by atoms with E-state index in [1.54, 1.807) is 12.1 Å². The number of methoxy groups -OCH3 is 1. The number of amides is 1. The molecule has 1 aromatic heterocycles. The molecule has 1 heterocycles. The number of sulfone groups is 1. The molecule has 3 rings (SSSR count). The number of nitrogens with zero attached hydrogens (tertiary/aromatic N) is 1. The Morgan fingerprint density at radius 2 is 1.88 bits per heavy atom. The number of carbonyl (C=O) groups is 1. The first-order valence-corrected chi connectivity index (χ1v) is 12.0. The molecule has 1 amide bonds. The number of nitrogens with one attached hydrogen (secondary N) is 1. The van der Waals surface area contributed by atoms with Crippen LogP contribution >= 0.6 is 0 Å². The van der Waals surface area contributed by atoms with Gasteiger partial charge in [0.1, 0.15) is 10.6 Å². The lowest BCUT2D eigenvalue weighted by Crippen LogP contribution is -2.29. The molecule has 0 unspecified atom stereocenters. The average Bonchev–Trinajstić information content (AvgIpc) is 3.14. The molecule has 1 atom stereocenters. The van der Waals surface area contributed by atoms with Crippen LogP contribution in [-0.2, 0) is 14.6 Å². The van der Waals surface area contributed by atoms with Crippen molar-refractivity contribution in [1.82, 2.24) is 10.5 Å². The minimum atomic E-state index is -3.77. The first-order chi connectivity index (χ1) is 15.2. The molecule has 3 aromatic rings. The smallest absolute Gasteiger partial charge is 0.221 e. The Bertz CT molecular complexity index is 1190. The lowest BCUT2D eigenvalue weighted by Gasteiger charge is -2.14. The highest BCUT2D eigenvalue weighted by molar-refractivity contribution is 7.91. The van der Waals surface area contributed by atoms with Crippen molar-refractivity contribution in [3.63, 3.8) is 0 Å². The molecule has 7 nitrogen and oxygen atoms in total. The maximum Gasteiger partial charge on any atom is 0.221 e. The van der Waals surface area contributed by atoms with Crippen molar-refractivity contribution in [3.05, 3.63) is 65.4 Å². The van der Waals surface area contributed by atoms with Crippen molar-refractivity contribution in [2.45, 2.75) is 38.0 Å². The standard InChI is InChI=1S/C24H28N2O5S/c1-16(19-8-6-5-7-9-19)15-25-23(27)12-13-32(28,29)22-14-20(10-11-21(22)30-4)24-17(2)18(3)26-31-24/h5-11,14,16H,12-13,15H2,1-4H3,(H,25,27)/t16-/m0/s1. The van der Waals surface area contributed by atoms with Gasteiger partial charge in [-0.05, 0) is 43.5 Å². The second-order valence-corrected chi connectivity index (χ2v) is 9.85. The van der Waals surface area contributed by atoms with Crippen LogP contribution in [0.3, 0.4) is 0 Å². The van der Waals surface area contributed by atoms with Crippen LogP contribution < -0.4 is 10.1 Å². The van der Waals surface area contributed by atoms with E-state index in [0.29, 0.717) is 17.9 Å². The number of hydrogen-bond acceptors (Lipinski definition) is 6. The largest absolute Gasteiger partial charge is 0.495 e. The van der Waals surface area contributed by atoms with Crippen LogP contribution in [0.15, 0.2) is 57.9 Å². The third-order valence-electron chi connectivity index (χ3n) is 5.49. The summed E-state index contributed by atoms with van der Waals surface area (Å²) in [5.41, 5.74) is 3.27. The first-order valence-electron chi connectivity index (χ1n) is 10.4. The van der Waals surface area contributed by atoms with Gasteiger partial charge >= 0.3 is 0 Å². The molecular formula is C24H28N2O5S. The average molecular weight is 457 g/mol. The highest BCUT2D eigenvalue weighted by Crippen LogP contribution is 2.33. The van der Waals surface area contributed by atoms with Crippen molar-refractivity contribution < 1.29 is 22.5 Å². The van der Waals surface area contributed by atoms with Crippen LogP contribution in [0, 0.1) is 13.8 Å². The van der Waals surface area contributed by atoms with E-state index in [1.807, 2.05) is 51.1 Å². The van der Waals surface area contributed by atoms with E-state index in [2.05, 4.69) is 10.5 Å². The molecule has 0 aliphatic carbocycles. The second kappa shape index (κ2) is 9.99. The summed E-state index contributed by atoms with van der Waals surface area (Å²) in [4.78, 5) is 12.3. The van der Waals surface area contributed by atoms with Gasteiger partial charge in [0, 0.05) is 24.1 Å². The van der Waals surface area contributed by atoms with Crippen LogP contribution in [0.1, 0.15) is 36.1 Å². The van der Waals surface area contributed by atoms with E-state index < -0.39 is 9.84 Å². The third kappa shape index (κ3) is 5.37. The minimum absolute atomic E-state index is 0.0245. The van der Waals surface area contributed by atoms with E-state index in [0.717, 1.165) is 16.8 Å². The van der Waals surface area contributed by atoms with E-state index >= 15 is 0 Å². The number of carbonyl (C=O) groups excluding carboxylic acids is 1. The molecule has 0 aliphatic rings. The Kier molecular flexibility index (Phi) is 7.35. The van der Waals surface area contributed by atoms with Gasteiger partial charge in [0.2, 0.25) is 5.91 Å². The molecule has 32 heavy (non-hydrogen) atoms. The molecule has 2 aromatic carbocycles. The zero-order valence-electron chi connectivity index (χ0n) is 18.7. The monoisotopic (exact) mass is 456 g/mol. The fraction of sp³-hybridized carbons (Fsp3) is 0.333. The van der Waals surface area contributed by atoms with E-state index in [1.165, 1.54) is 13.2 Å². The zero-order valence-corrected chi connectivity index (χ0v) is 19.5. The third-order valence-corrected chi connectivity index (χ3v) is 7.22. The zero-order chi connectivity index (χ0) is 23.3. The lowest BCUT2D eigenvalue weighted by atomic mass is 10.0. The molecule has 0 saturated heterocycles. The second-order valence-electron chi connectivity index (χ2n) is 7.77. The van der Waals surface area contributed by atoms with E-state index in [-0.39, 0.29) is 34.6 Å². The molecule has 0 bridgehead atoms. The summed E-state index contributed by atoms with van der Waals surface area (Å²) >= 11 is 0. The van der Waals surface area contributed by atoms with E-state index in [9.17, 15) is 13.2 Å². The molecule has 0 spiro atoms. The summed E-state index contributed by atoms with van der Waals surface area (Å²) in [6.07, 6.45) is -0.141. The van der Waals surface area contributed by atoms with Crippen molar-refractivity contribution in [2.24, 2.45) is 0 Å². The SMILES string of the molecule is COc1ccc(-c2onc(C)c2C)cc1S(=O)(=O)CCC(=O)NC[C@H](C)c1ccccc1. The van der Waals surface area contributed by atoms with Gasteiger partial charge in [-0.15, -0.1) is 0 Å². The lowest BCUT2D eigenvalue weighted by molar-refractivity contribution is -0.120. The normalized spacial score (nSPS) is 12.4. The molecular weight excluding hydrogens is 428 g/mol. The minimum Gasteiger partial charge on any atom is -0.495 e. The number of benzene rings is 2. The Morgan fingerprint density at radius 3 is 2.50 bits per heavy atom. The van der Waals surface area contributed by atoms with Crippen molar-refractivity contribution >= 4 is 15.7 Å². The summed E-state index contributed by atoms with van der Waals surface area (Å²) in [7, 11) is -2.36. The Balaban J connectivity index is 1.69. The predicted molar refractivity (Wildman–Crippen MR) is 123 cm³/mol. The van der Waals surface area contributed by atoms with Gasteiger partial charge in [-0.2, -0.15) is 0 Å². The number of ether oxygens (including phenoxy) is 1. The highest BCUT2D eigenvalue weighted by Gasteiger charge is 2.23. The molecule has 170 valence electrons. The first kappa shape index (κ1) is 23.5. The fourth-order valence-electron chi connectivity index (χ4n) is 3.34. The van der Waals surface area contributed by atoms with E-state index in [4.69, 9.17) is 9.26 Å². The van der Waals surface area contributed by atoms with Crippen LogP contribution in [0.5, 0.6) is 5.75 Å². The van der Waals surface area contributed by atoms with Gasteiger partial charge in [0.25, 0.3) is 0 Å². The molecule has 0 fully saturated rings. The number of rotatable bonds is 9.